The van der Waals surface area contributed by atoms with E-state index in [1.54, 1.807) is 0 Å². The van der Waals surface area contributed by atoms with Gasteiger partial charge in [-0.3, -0.25) is 0 Å². The first-order valence-electron chi connectivity index (χ1n) is 7.23. The fraction of sp³-hybridized carbons (Fsp3) is 1.00. The van der Waals surface area contributed by atoms with Crippen LogP contribution in [-0.2, 0) is 10.2 Å². The normalized spacial score (nSPS) is 28.8. The highest BCUT2D eigenvalue weighted by molar-refractivity contribution is 7.87. The van der Waals surface area contributed by atoms with Gasteiger partial charge in [-0.2, -0.15) is 13.1 Å². The summed E-state index contributed by atoms with van der Waals surface area (Å²) in [6.07, 6.45) is 4.45. The third-order valence-corrected chi connectivity index (χ3v) is 4.96. The van der Waals surface area contributed by atoms with Crippen molar-refractivity contribution < 1.29 is 13.5 Å². The molecule has 1 aliphatic carbocycles. The molecule has 1 aliphatic rings. The van der Waals surface area contributed by atoms with Crippen LogP contribution in [0, 0.1) is 11.8 Å². The second-order valence-electron chi connectivity index (χ2n) is 6.14. The first-order chi connectivity index (χ1) is 8.76. The van der Waals surface area contributed by atoms with E-state index in [2.05, 4.69) is 16.4 Å². The van der Waals surface area contributed by atoms with Gasteiger partial charge in [0.1, 0.15) is 0 Å². The largest absolute Gasteiger partial charge is 0.389 e. The molecule has 0 radical (unpaired) electrons. The lowest BCUT2D eigenvalue weighted by atomic mass is 9.78. The lowest BCUT2D eigenvalue weighted by Crippen LogP contribution is -2.48. The SMILES string of the molecule is CCC1CCC(O)(CNS(=O)(=O)NCC(C)C)CC1. The van der Waals surface area contributed by atoms with Crippen molar-refractivity contribution in [1.82, 2.24) is 9.44 Å². The Morgan fingerprint density at radius 3 is 2.32 bits per heavy atom. The number of rotatable bonds is 7. The predicted octanol–water partition coefficient (Wildman–Crippen LogP) is 1.40. The maximum atomic E-state index is 11.7. The highest BCUT2D eigenvalue weighted by Crippen LogP contribution is 2.33. The Balaban J connectivity index is 2.39. The lowest BCUT2D eigenvalue weighted by Gasteiger charge is -2.35. The van der Waals surface area contributed by atoms with Gasteiger partial charge in [-0.05, 0) is 37.5 Å². The van der Waals surface area contributed by atoms with Crippen molar-refractivity contribution in [2.45, 2.75) is 58.5 Å². The quantitative estimate of drug-likeness (QED) is 0.663. The molecular formula is C13H28N2O3S. The van der Waals surface area contributed by atoms with E-state index in [4.69, 9.17) is 0 Å². The summed E-state index contributed by atoms with van der Waals surface area (Å²) in [4.78, 5) is 0. The molecule has 0 aromatic carbocycles. The molecule has 114 valence electrons. The average molecular weight is 292 g/mol. The molecule has 1 fully saturated rings. The van der Waals surface area contributed by atoms with Crippen molar-refractivity contribution >= 4 is 10.2 Å². The first kappa shape index (κ1) is 16.9. The summed E-state index contributed by atoms with van der Waals surface area (Å²) in [5.74, 6) is 0.940. The van der Waals surface area contributed by atoms with Crippen molar-refractivity contribution in [2.24, 2.45) is 11.8 Å². The molecule has 0 aliphatic heterocycles. The van der Waals surface area contributed by atoms with Crippen molar-refractivity contribution in [1.29, 1.82) is 0 Å². The molecule has 0 aromatic heterocycles. The van der Waals surface area contributed by atoms with Crippen LogP contribution in [0.2, 0.25) is 0 Å². The number of hydrogen-bond donors (Lipinski definition) is 3. The van der Waals surface area contributed by atoms with Crippen LogP contribution in [0.4, 0.5) is 0 Å². The molecule has 0 amide bonds. The van der Waals surface area contributed by atoms with E-state index in [1.165, 1.54) is 0 Å². The summed E-state index contributed by atoms with van der Waals surface area (Å²) in [5.41, 5.74) is -0.877. The van der Waals surface area contributed by atoms with E-state index >= 15 is 0 Å². The minimum atomic E-state index is -3.49. The van der Waals surface area contributed by atoms with Gasteiger partial charge in [0.25, 0.3) is 10.2 Å². The van der Waals surface area contributed by atoms with Gasteiger partial charge < -0.3 is 5.11 Å². The number of nitrogens with one attached hydrogen (secondary N) is 2. The molecule has 0 unspecified atom stereocenters. The maximum absolute atomic E-state index is 11.7. The van der Waals surface area contributed by atoms with Crippen molar-refractivity contribution in [2.75, 3.05) is 13.1 Å². The van der Waals surface area contributed by atoms with Gasteiger partial charge in [-0.1, -0.05) is 27.2 Å². The number of hydrogen-bond acceptors (Lipinski definition) is 3. The fourth-order valence-corrected chi connectivity index (χ4v) is 3.47. The van der Waals surface area contributed by atoms with E-state index in [0.717, 1.165) is 19.3 Å². The van der Waals surface area contributed by atoms with E-state index < -0.39 is 15.8 Å². The average Bonchev–Trinajstić information content (AvgIpc) is 2.36. The maximum Gasteiger partial charge on any atom is 0.277 e. The van der Waals surface area contributed by atoms with E-state index in [1.807, 2.05) is 13.8 Å². The van der Waals surface area contributed by atoms with Gasteiger partial charge in [0.05, 0.1) is 5.60 Å². The Morgan fingerprint density at radius 2 is 1.84 bits per heavy atom. The molecule has 3 N–H and O–H groups in total. The Kier molecular flexibility index (Phi) is 6.23. The molecule has 1 saturated carbocycles. The van der Waals surface area contributed by atoms with Crippen LogP contribution in [0.15, 0.2) is 0 Å². The topological polar surface area (TPSA) is 78.4 Å². The van der Waals surface area contributed by atoms with Gasteiger partial charge in [0.2, 0.25) is 0 Å². The van der Waals surface area contributed by atoms with Crippen LogP contribution in [0.1, 0.15) is 52.9 Å². The Bertz CT molecular complexity index is 360. The van der Waals surface area contributed by atoms with E-state index in [0.29, 0.717) is 25.3 Å². The van der Waals surface area contributed by atoms with E-state index in [9.17, 15) is 13.5 Å². The van der Waals surface area contributed by atoms with Crippen molar-refractivity contribution in [3.05, 3.63) is 0 Å². The third-order valence-electron chi connectivity index (χ3n) is 3.89. The molecular weight excluding hydrogens is 264 g/mol. The van der Waals surface area contributed by atoms with Crippen LogP contribution in [-0.4, -0.2) is 32.2 Å². The highest BCUT2D eigenvalue weighted by Gasteiger charge is 2.33. The highest BCUT2D eigenvalue weighted by atomic mass is 32.2. The molecule has 0 saturated heterocycles. The number of aliphatic hydroxyl groups is 1. The molecule has 0 bridgehead atoms. The van der Waals surface area contributed by atoms with Crippen LogP contribution < -0.4 is 9.44 Å². The van der Waals surface area contributed by atoms with Crippen LogP contribution in [0.5, 0.6) is 0 Å². The van der Waals surface area contributed by atoms with E-state index in [-0.39, 0.29) is 12.5 Å². The molecule has 19 heavy (non-hydrogen) atoms. The standard InChI is InChI=1S/C13H28N2O3S/c1-4-12-5-7-13(16,8-6-12)10-15-19(17,18)14-9-11(2)3/h11-12,14-16H,4-10H2,1-3H3. The van der Waals surface area contributed by atoms with Gasteiger partial charge in [0.15, 0.2) is 0 Å². The second-order valence-corrected chi connectivity index (χ2v) is 7.73. The molecule has 0 atom stereocenters. The third kappa shape index (κ3) is 6.21. The van der Waals surface area contributed by atoms with Crippen molar-refractivity contribution in [3.63, 3.8) is 0 Å². The Morgan fingerprint density at radius 1 is 1.26 bits per heavy atom. The summed E-state index contributed by atoms with van der Waals surface area (Å²) >= 11 is 0. The smallest absolute Gasteiger partial charge is 0.277 e. The minimum absolute atomic E-state index is 0.108. The molecule has 0 spiro atoms. The summed E-state index contributed by atoms with van der Waals surface area (Å²) in [6, 6.07) is 0. The van der Waals surface area contributed by atoms with Gasteiger partial charge in [0, 0.05) is 13.1 Å². The zero-order chi connectivity index (χ0) is 14.5. The molecule has 1 rings (SSSR count). The van der Waals surface area contributed by atoms with Gasteiger partial charge >= 0.3 is 0 Å². The minimum Gasteiger partial charge on any atom is -0.389 e. The molecule has 0 heterocycles. The second kappa shape index (κ2) is 7.02. The molecule has 6 heteroatoms. The summed E-state index contributed by atoms with van der Waals surface area (Å²) in [5, 5.41) is 10.4. The predicted molar refractivity (Wildman–Crippen MR) is 77.0 cm³/mol. The summed E-state index contributed by atoms with van der Waals surface area (Å²) < 4.78 is 28.4. The summed E-state index contributed by atoms with van der Waals surface area (Å²) in [7, 11) is -3.49. The van der Waals surface area contributed by atoms with Crippen molar-refractivity contribution in [3.8, 4) is 0 Å². The van der Waals surface area contributed by atoms with Gasteiger partial charge in [-0.25, -0.2) is 4.72 Å². The lowest BCUT2D eigenvalue weighted by molar-refractivity contribution is -0.00448. The van der Waals surface area contributed by atoms with Crippen LogP contribution in [0.25, 0.3) is 0 Å². The Labute approximate surface area is 117 Å². The molecule has 0 aromatic rings. The molecule has 5 nitrogen and oxygen atoms in total. The Hall–Kier alpha value is -0.170. The van der Waals surface area contributed by atoms with Gasteiger partial charge in [-0.15, -0.1) is 0 Å². The zero-order valence-corrected chi connectivity index (χ0v) is 13.1. The van der Waals surface area contributed by atoms with Crippen LogP contribution >= 0.6 is 0 Å². The monoisotopic (exact) mass is 292 g/mol. The zero-order valence-electron chi connectivity index (χ0n) is 12.3. The fourth-order valence-electron chi connectivity index (χ4n) is 2.36. The summed E-state index contributed by atoms with van der Waals surface area (Å²) in [6.45, 7) is 6.57. The first-order valence-corrected chi connectivity index (χ1v) is 8.71. The van der Waals surface area contributed by atoms with Crippen LogP contribution in [0.3, 0.4) is 0 Å².